The molecule has 2 aliphatic rings. The van der Waals surface area contributed by atoms with Crippen LogP contribution in [0.25, 0.3) is 65.8 Å². The van der Waals surface area contributed by atoms with E-state index in [2.05, 4.69) is 198 Å². The van der Waals surface area contributed by atoms with E-state index in [9.17, 15) is 0 Å². The number of alkyl halides is 1. The number of amides is 2. The lowest BCUT2D eigenvalue weighted by Crippen LogP contribution is -2.34. The number of carbonyl (C=O) groups is 2. The second kappa shape index (κ2) is 45.8. The summed E-state index contributed by atoms with van der Waals surface area (Å²) in [5.74, 6) is 2.67. The maximum atomic E-state index is 16.5. The van der Waals surface area contributed by atoms with Gasteiger partial charge in [0.15, 0.2) is 0 Å². The summed E-state index contributed by atoms with van der Waals surface area (Å²) in [6.45, 7) is 28.2. The molecule has 0 aliphatic carbocycles. The van der Waals surface area contributed by atoms with Crippen molar-refractivity contribution in [3.8, 4) is 27.6 Å². The fourth-order valence-corrected chi connectivity index (χ4v) is 19.6. The molecule has 10 heteroatoms. The van der Waals surface area contributed by atoms with Gasteiger partial charge in [0.25, 0.3) is 11.8 Å². The molecular formula is C98H145IN4O3S2. The Hall–Kier alpha value is -4.78. The standard InChI is InChI=1S/C98H145IN4O3S2/c1-12-18-24-30-34-36-38-40-44-50-68-101-91-83-70-77(58-62-81(83)80-63-59-78(98(10,11)99)71-82(80)90(91)100-94(101)76-56-60-79(61-57-76)106-69-51-45-41-39-37-35-31-25-19-13-2)84-64-65-85(107-84)92-88-89(96(105)102(92)72-74(52-46-28-22-16-5)54-48-42-32-26-20-14-3)93(86-66-67-87(108-86)97(7,8)9)103(95(88)104)73-75(53-47-29-23-17-6)55-49-43-33-27-21-15-4/h56-67,70-71,74-75H,12-55,68-69,72-73H2,1-11H3. The maximum absolute atomic E-state index is 16.5. The van der Waals surface area contributed by atoms with Crippen LogP contribution < -0.4 is 4.74 Å². The molecule has 3 aromatic heterocycles. The van der Waals surface area contributed by atoms with E-state index >= 15 is 9.59 Å². The monoisotopic (exact) mass is 1620 g/mol. The molecule has 0 spiro atoms. The summed E-state index contributed by atoms with van der Waals surface area (Å²) in [7, 11) is 0. The topological polar surface area (TPSA) is 67.7 Å². The van der Waals surface area contributed by atoms with Gasteiger partial charge in [-0.05, 0) is 152 Å². The van der Waals surface area contributed by atoms with Gasteiger partial charge in [-0.1, -0.05) is 353 Å². The van der Waals surface area contributed by atoms with E-state index in [1.54, 1.807) is 22.7 Å². The Balaban J connectivity index is 1.15. The van der Waals surface area contributed by atoms with Crippen molar-refractivity contribution in [1.29, 1.82) is 0 Å². The Morgan fingerprint density at radius 2 is 0.806 bits per heavy atom. The quantitative estimate of drug-likeness (QED) is 0.0165. The van der Waals surface area contributed by atoms with Crippen LogP contribution in [0.4, 0.5) is 0 Å². The molecule has 2 unspecified atom stereocenters. The first-order valence-electron chi connectivity index (χ1n) is 44.7. The summed E-state index contributed by atoms with van der Waals surface area (Å²) in [6, 6.07) is 32.3. The number of nitrogens with zero attached hydrogens (tertiary/aromatic N) is 4. The molecule has 2 amide bonds. The highest BCUT2D eigenvalue weighted by Gasteiger charge is 2.50. The zero-order valence-electron chi connectivity index (χ0n) is 69.9. The predicted molar refractivity (Wildman–Crippen MR) is 480 cm³/mol. The van der Waals surface area contributed by atoms with Crippen molar-refractivity contribution in [3.63, 3.8) is 0 Å². The number of halogens is 1. The molecule has 2 aliphatic heterocycles. The van der Waals surface area contributed by atoms with E-state index in [1.165, 1.54) is 275 Å². The average Bonchev–Trinajstić information content (AvgIpc) is 1.53. The SMILES string of the molecule is CCCCCCCCCCCCOc1ccc(-c2nc3c4cc(C(C)(C)I)ccc4c4ccc(-c5ccc(C6=C7C(=O)N(CC(CCCCCC)CCCCCCCC)C(c8ccc(C(C)(C)C)s8)=C7C(=O)N6CC(CCCCCC)CCCCCCCC)s5)cc4c3n2CCCCCCCCCCCC)cc1. The lowest BCUT2D eigenvalue weighted by molar-refractivity contribution is -0.124. The first-order chi connectivity index (χ1) is 52.5. The molecule has 4 aromatic carbocycles. The highest BCUT2D eigenvalue weighted by atomic mass is 127. The van der Waals surface area contributed by atoms with E-state index in [4.69, 9.17) is 9.72 Å². The van der Waals surface area contributed by atoms with Crippen molar-refractivity contribution in [1.82, 2.24) is 19.4 Å². The number of benzene rings is 4. The number of hydrogen-bond donors (Lipinski definition) is 0. The smallest absolute Gasteiger partial charge is 0.261 e. The van der Waals surface area contributed by atoms with Crippen LogP contribution in [-0.4, -0.2) is 50.9 Å². The van der Waals surface area contributed by atoms with Gasteiger partial charge in [0.05, 0.1) is 49.9 Å². The second-order valence-corrected chi connectivity index (χ2v) is 39.3. The highest BCUT2D eigenvalue weighted by Crippen LogP contribution is 2.52. The summed E-state index contributed by atoms with van der Waals surface area (Å²) in [5, 5.41) is 4.86. The van der Waals surface area contributed by atoms with Crippen molar-refractivity contribution in [2.75, 3.05) is 19.7 Å². The van der Waals surface area contributed by atoms with Crippen LogP contribution in [0.3, 0.4) is 0 Å². The molecule has 5 heterocycles. The van der Waals surface area contributed by atoms with Crippen LogP contribution in [-0.2, 0) is 25.0 Å². The maximum Gasteiger partial charge on any atom is 0.261 e. The Morgan fingerprint density at radius 3 is 1.27 bits per heavy atom. The molecule has 594 valence electrons. The van der Waals surface area contributed by atoms with Gasteiger partial charge >= 0.3 is 0 Å². The third-order valence-corrected chi connectivity index (χ3v) is 27.0. The molecule has 9 rings (SSSR count). The number of carbonyl (C=O) groups excluding carboxylic acids is 2. The minimum absolute atomic E-state index is 0.0236. The molecule has 0 bridgehead atoms. The Kier molecular flexibility index (Phi) is 37.0. The molecule has 7 nitrogen and oxygen atoms in total. The van der Waals surface area contributed by atoms with Gasteiger partial charge in [-0.3, -0.25) is 9.59 Å². The molecule has 108 heavy (non-hydrogen) atoms. The molecule has 7 aromatic rings. The Labute approximate surface area is 679 Å². The van der Waals surface area contributed by atoms with Crippen LogP contribution >= 0.6 is 45.3 Å². The second-order valence-electron chi connectivity index (χ2n) is 34.4. The third kappa shape index (κ3) is 24.9. The van der Waals surface area contributed by atoms with Gasteiger partial charge in [0.1, 0.15) is 11.6 Å². The van der Waals surface area contributed by atoms with Gasteiger partial charge in [0, 0.05) is 49.1 Å². The van der Waals surface area contributed by atoms with Gasteiger partial charge in [-0.15, -0.1) is 22.7 Å². The molecule has 0 fully saturated rings. The summed E-state index contributed by atoms with van der Waals surface area (Å²) in [5.41, 5.74) is 8.72. The fraction of sp³-hybridized carbons (Fsp3) is 0.643. The van der Waals surface area contributed by atoms with E-state index in [-0.39, 0.29) is 20.7 Å². The number of thiophene rings is 2. The number of aryl methyl sites for hydroxylation is 1. The van der Waals surface area contributed by atoms with Crippen molar-refractivity contribution >= 4 is 101 Å². The largest absolute Gasteiger partial charge is 0.494 e. The number of fused-ring (bicyclic) bond motifs is 7. The zero-order chi connectivity index (χ0) is 76.7. The van der Waals surface area contributed by atoms with E-state index in [1.807, 2.05) is 0 Å². The van der Waals surface area contributed by atoms with Crippen molar-refractivity contribution in [2.45, 2.75) is 374 Å². The first-order valence-corrected chi connectivity index (χ1v) is 47.4. The lowest BCUT2D eigenvalue weighted by Gasteiger charge is -2.29. The van der Waals surface area contributed by atoms with Crippen molar-refractivity contribution in [2.24, 2.45) is 11.8 Å². The van der Waals surface area contributed by atoms with E-state index < -0.39 is 0 Å². The molecule has 2 atom stereocenters. The summed E-state index contributed by atoms with van der Waals surface area (Å²) in [6.07, 6.45) is 55.0. The molecule has 0 saturated carbocycles. The van der Waals surface area contributed by atoms with Gasteiger partial charge in [0.2, 0.25) is 0 Å². The summed E-state index contributed by atoms with van der Waals surface area (Å²) < 4.78 is 8.98. The zero-order valence-corrected chi connectivity index (χ0v) is 73.7. The van der Waals surface area contributed by atoms with E-state index in [0.717, 1.165) is 112 Å². The van der Waals surface area contributed by atoms with Gasteiger partial charge in [-0.25, -0.2) is 4.98 Å². The summed E-state index contributed by atoms with van der Waals surface area (Å²) >= 11 is 6.17. The highest BCUT2D eigenvalue weighted by molar-refractivity contribution is 14.1. The Morgan fingerprint density at radius 1 is 0.407 bits per heavy atom. The lowest BCUT2D eigenvalue weighted by atomic mass is 9.93. The normalized spacial score (nSPS) is 14.3. The van der Waals surface area contributed by atoms with Crippen molar-refractivity contribution in [3.05, 3.63) is 116 Å². The van der Waals surface area contributed by atoms with E-state index in [0.29, 0.717) is 36.1 Å². The van der Waals surface area contributed by atoms with Crippen LogP contribution in [0.15, 0.2) is 96.1 Å². The number of aromatic nitrogens is 2. The fourth-order valence-electron chi connectivity index (χ4n) is 17.1. The number of ether oxygens (including phenoxy) is 1. The first kappa shape index (κ1) is 87.2. The molecule has 0 saturated heterocycles. The number of hydrogen-bond acceptors (Lipinski definition) is 6. The van der Waals surface area contributed by atoms with Crippen molar-refractivity contribution < 1.29 is 14.3 Å². The minimum atomic E-state index is -0.0822. The van der Waals surface area contributed by atoms with Crippen LogP contribution in [0.1, 0.15) is 379 Å². The van der Waals surface area contributed by atoms with Crippen LogP contribution in [0, 0.1) is 11.8 Å². The van der Waals surface area contributed by atoms with Gasteiger partial charge < -0.3 is 19.1 Å². The number of imidazole rings is 1. The van der Waals surface area contributed by atoms with Gasteiger partial charge in [-0.2, -0.15) is 0 Å². The minimum Gasteiger partial charge on any atom is -0.494 e. The third-order valence-electron chi connectivity index (χ3n) is 23.7. The predicted octanol–water partition coefficient (Wildman–Crippen LogP) is 31.5. The summed E-state index contributed by atoms with van der Waals surface area (Å²) in [4.78, 5) is 47.6. The number of unbranched alkanes of at least 4 members (excludes halogenated alkanes) is 34. The molecular weight excluding hydrogens is 1470 g/mol. The molecule has 0 N–H and O–H groups in total. The average molecular weight is 1620 g/mol. The number of rotatable bonds is 56. The molecule has 0 radical (unpaired) electrons. The van der Waals surface area contributed by atoms with Crippen LogP contribution in [0.2, 0.25) is 0 Å². The Bertz CT molecular complexity index is 3910. The van der Waals surface area contributed by atoms with Crippen LogP contribution in [0.5, 0.6) is 5.75 Å².